The lowest BCUT2D eigenvalue weighted by Gasteiger charge is -2.13. The Kier molecular flexibility index (Phi) is 5.37. The summed E-state index contributed by atoms with van der Waals surface area (Å²) in [7, 11) is 3.28. The van der Waals surface area contributed by atoms with E-state index in [2.05, 4.69) is 10.3 Å². The summed E-state index contributed by atoms with van der Waals surface area (Å²) in [4.78, 5) is 40.4. The summed E-state index contributed by atoms with van der Waals surface area (Å²) in [5.41, 5.74) is 2.46. The van der Waals surface area contributed by atoms with E-state index < -0.39 is 0 Å². The Labute approximate surface area is 166 Å². The van der Waals surface area contributed by atoms with E-state index in [9.17, 15) is 14.4 Å². The lowest BCUT2D eigenvalue weighted by atomic mass is 10.1. The van der Waals surface area contributed by atoms with Gasteiger partial charge in [-0.3, -0.25) is 14.2 Å². The third-order valence-corrected chi connectivity index (χ3v) is 4.52. The molecular formula is C20H19ClN4O3. The fourth-order valence-electron chi connectivity index (χ4n) is 2.75. The molecule has 144 valence electrons. The summed E-state index contributed by atoms with van der Waals surface area (Å²) < 4.78 is 1.52. The molecule has 1 heterocycles. The molecule has 0 radical (unpaired) electrons. The number of benzene rings is 2. The first-order chi connectivity index (χ1) is 13.3. The number of rotatable bonds is 4. The van der Waals surface area contributed by atoms with E-state index >= 15 is 0 Å². The van der Waals surface area contributed by atoms with Crippen molar-refractivity contribution in [2.75, 3.05) is 19.4 Å². The number of halogens is 1. The van der Waals surface area contributed by atoms with Crippen LogP contribution in [0.2, 0.25) is 5.02 Å². The van der Waals surface area contributed by atoms with Gasteiger partial charge in [0.1, 0.15) is 0 Å². The standard InChI is InChI=1S/C20H19ClN4O3/c1-12-11-22-20(28)25(12)15-7-4-13(5-8-15)18(26)23-14-6-9-16(17(21)10-14)19(27)24(2)3/h4-11H,1-3H3,(H,22,28)(H,23,26). The fraction of sp³-hybridized carbons (Fsp3) is 0.150. The minimum Gasteiger partial charge on any atom is -0.345 e. The van der Waals surface area contributed by atoms with Crippen LogP contribution in [0.15, 0.2) is 53.5 Å². The van der Waals surface area contributed by atoms with Gasteiger partial charge in [0.2, 0.25) is 0 Å². The largest absolute Gasteiger partial charge is 0.345 e. The molecule has 2 N–H and O–H groups in total. The van der Waals surface area contributed by atoms with Crippen molar-refractivity contribution in [2.24, 2.45) is 0 Å². The Morgan fingerprint density at radius 1 is 1.11 bits per heavy atom. The predicted octanol–water partition coefficient (Wildman–Crippen LogP) is 3.08. The van der Waals surface area contributed by atoms with Crippen molar-refractivity contribution in [3.8, 4) is 5.69 Å². The van der Waals surface area contributed by atoms with Crippen LogP contribution in [0.25, 0.3) is 5.69 Å². The average Bonchev–Trinajstić information content (AvgIpc) is 2.99. The van der Waals surface area contributed by atoms with Crippen LogP contribution >= 0.6 is 11.6 Å². The summed E-state index contributed by atoms with van der Waals surface area (Å²) in [6, 6.07) is 11.4. The van der Waals surface area contributed by atoms with Gasteiger partial charge in [-0.25, -0.2) is 4.79 Å². The van der Waals surface area contributed by atoms with Gasteiger partial charge in [-0.15, -0.1) is 0 Å². The van der Waals surface area contributed by atoms with Crippen LogP contribution in [0, 0.1) is 6.92 Å². The van der Waals surface area contributed by atoms with Gasteiger partial charge in [0.15, 0.2) is 0 Å². The highest BCUT2D eigenvalue weighted by Gasteiger charge is 2.14. The van der Waals surface area contributed by atoms with Crippen molar-refractivity contribution in [1.29, 1.82) is 0 Å². The molecule has 0 fully saturated rings. The van der Waals surface area contributed by atoms with Crippen molar-refractivity contribution >= 4 is 29.1 Å². The average molecular weight is 399 g/mol. The first-order valence-corrected chi connectivity index (χ1v) is 8.85. The van der Waals surface area contributed by atoms with Gasteiger partial charge < -0.3 is 15.2 Å². The molecular weight excluding hydrogens is 380 g/mol. The highest BCUT2D eigenvalue weighted by atomic mass is 35.5. The monoisotopic (exact) mass is 398 g/mol. The first kappa shape index (κ1) is 19.4. The molecule has 3 rings (SSSR count). The summed E-state index contributed by atoms with van der Waals surface area (Å²) in [6.45, 7) is 1.81. The Balaban J connectivity index is 1.77. The van der Waals surface area contributed by atoms with Crippen molar-refractivity contribution in [2.45, 2.75) is 6.92 Å². The number of aryl methyl sites for hydroxylation is 1. The molecule has 0 aliphatic carbocycles. The Bertz CT molecular complexity index is 1100. The lowest BCUT2D eigenvalue weighted by molar-refractivity contribution is 0.0827. The molecule has 7 nitrogen and oxygen atoms in total. The maximum atomic E-state index is 12.5. The molecule has 3 aromatic rings. The summed E-state index contributed by atoms with van der Waals surface area (Å²) in [5, 5.41) is 3.01. The normalized spacial score (nSPS) is 10.6. The SMILES string of the molecule is Cc1c[nH]c(=O)n1-c1ccc(C(=O)Nc2ccc(C(=O)N(C)C)c(Cl)c2)cc1. The molecule has 0 spiro atoms. The minimum absolute atomic E-state index is 0.214. The molecule has 0 saturated heterocycles. The zero-order valence-corrected chi connectivity index (χ0v) is 16.4. The number of carbonyl (C=O) groups is 2. The van der Waals surface area contributed by atoms with Crippen LogP contribution < -0.4 is 11.0 Å². The highest BCUT2D eigenvalue weighted by Crippen LogP contribution is 2.22. The number of hydrogen-bond acceptors (Lipinski definition) is 3. The van der Waals surface area contributed by atoms with Crippen LogP contribution in [-0.2, 0) is 0 Å². The number of aromatic nitrogens is 2. The number of nitrogens with zero attached hydrogens (tertiary/aromatic N) is 2. The molecule has 0 saturated carbocycles. The zero-order valence-electron chi connectivity index (χ0n) is 15.6. The summed E-state index contributed by atoms with van der Waals surface area (Å²) >= 11 is 6.17. The Morgan fingerprint density at radius 2 is 1.79 bits per heavy atom. The second kappa shape index (κ2) is 7.74. The smallest absolute Gasteiger partial charge is 0.330 e. The van der Waals surface area contributed by atoms with Crippen LogP contribution in [0.5, 0.6) is 0 Å². The number of nitrogens with one attached hydrogen (secondary N) is 2. The molecule has 2 aromatic carbocycles. The molecule has 28 heavy (non-hydrogen) atoms. The van der Waals surface area contributed by atoms with E-state index in [-0.39, 0.29) is 22.5 Å². The molecule has 0 aliphatic heterocycles. The van der Waals surface area contributed by atoms with Crippen molar-refractivity contribution in [3.63, 3.8) is 0 Å². The summed E-state index contributed by atoms with van der Waals surface area (Å²) in [5.74, 6) is -0.541. The van der Waals surface area contributed by atoms with E-state index in [1.165, 1.54) is 15.5 Å². The number of aromatic amines is 1. The molecule has 0 unspecified atom stereocenters. The Hall–Kier alpha value is -3.32. The predicted molar refractivity (Wildman–Crippen MR) is 109 cm³/mol. The van der Waals surface area contributed by atoms with Crippen LogP contribution in [0.3, 0.4) is 0 Å². The molecule has 2 amide bonds. The topological polar surface area (TPSA) is 87.2 Å². The van der Waals surface area contributed by atoms with Crippen molar-refractivity contribution < 1.29 is 9.59 Å². The zero-order chi connectivity index (χ0) is 20.4. The number of H-pyrrole nitrogens is 1. The van der Waals surface area contributed by atoms with Gasteiger partial charge in [-0.2, -0.15) is 0 Å². The second-order valence-electron chi connectivity index (χ2n) is 6.47. The number of hydrogen-bond donors (Lipinski definition) is 2. The van der Waals surface area contributed by atoms with Gasteiger partial charge in [-0.05, 0) is 49.4 Å². The van der Waals surface area contributed by atoms with E-state index in [0.29, 0.717) is 22.5 Å². The van der Waals surface area contributed by atoms with Crippen molar-refractivity contribution in [1.82, 2.24) is 14.5 Å². The summed E-state index contributed by atoms with van der Waals surface area (Å²) in [6.07, 6.45) is 1.62. The van der Waals surface area contributed by atoms with Crippen LogP contribution in [0.1, 0.15) is 26.4 Å². The van der Waals surface area contributed by atoms with Crippen LogP contribution in [0.4, 0.5) is 5.69 Å². The maximum Gasteiger partial charge on any atom is 0.330 e. The molecule has 0 bridgehead atoms. The van der Waals surface area contributed by atoms with Gasteiger partial charge in [0.25, 0.3) is 11.8 Å². The minimum atomic E-state index is -0.326. The molecule has 8 heteroatoms. The van der Waals surface area contributed by atoms with E-state index in [1.807, 2.05) is 6.92 Å². The third-order valence-electron chi connectivity index (χ3n) is 4.21. The quantitative estimate of drug-likeness (QED) is 0.708. The number of carbonyl (C=O) groups excluding carboxylic acids is 2. The van der Waals surface area contributed by atoms with Crippen LogP contribution in [-0.4, -0.2) is 40.4 Å². The number of anilines is 1. The number of imidazole rings is 1. The number of amides is 2. The van der Waals surface area contributed by atoms with Gasteiger partial charge in [0.05, 0.1) is 16.3 Å². The van der Waals surface area contributed by atoms with E-state index in [0.717, 1.165) is 5.69 Å². The fourth-order valence-corrected chi connectivity index (χ4v) is 3.01. The molecule has 1 aromatic heterocycles. The second-order valence-corrected chi connectivity index (χ2v) is 6.87. The van der Waals surface area contributed by atoms with E-state index in [4.69, 9.17) is 11.6 Å². The maximum absolute atomic E-state index is 12.5. The highest BCUT2D eigenvalue weighted by molar-refractivity contribution is 6.34. The van der Waals surface area contributed by atoms with Crippen molar-refractivity contribution in [3.05, 3.63) is 81.0 Å². The first-order valence-electron chi connectivity index (χ1n) is 8.48. The van der Waals surface area contributed by atoms with Gasteiger partial charge >= 0.3 is 5.69 Å². The van der Waals surface area contributed by atoms with E-state index in [1.54, 1.807) is 56.7 Å². The van der Waals surface area contributed by atoms with Gasteiger partial charge in [-0.1, -0.05) is 11.6 Å². The lowest BCUT2D eigenvalue weighted by Crippen LogP contribution is -2.22. The Morgan fingerprint density at radius 3 is 2.32 bits per heavy atom. The third kappa shape index (κ3) is 3.84. The van der Waals surface area contributed by atoms with Gasteiger partial charge in [0, 0.05) is 37.2 Å². The molecule has 0 aliphatic rings. The molecule has 0 atom stereocenters.